The lowest BCUT2D eigenvalue weighted by atomic mass is 10.1. The van der Waals surface area contributed by atoms with E-state index in [1.54, 1.807) is 6.07 Å². The second-order valence-electron chi connectivity index (χ2n) is 4.94. The summed E-state index contributed by atoms with van der Waals surface area (Å²) in [6.07, 6.45) is 0. The first-order chi connectivity index (χ1) is 9.73. The van der Waals surface area contributed by atoms with E-state index in [4.69, 9.17) is 5.73 Å². The number of anilines is 2. The molecule has 0 bridgehead atoms. The van der Waals surface area contributed by atoms with Crippen molar-refractivity contribution in [3.8, 4) is 0 Å². The number of nitrogen functional groups attached to an aromatic ring is 1. The molecule has 0 saturated heterocycles. The molecule has 2 rings (SSSR count). The molecular formula is C15H17FN2O2S. The molecule has 0 aromatic heterocycles. The number of nitrogens with zero attached hydrogens (tertiary/aromatic N) is 1. The van der Waals surface area contributed by atoms with E-state index >= 15 is 0 Å². The molecule has 2 N–H and O–H groups in total. The molecule has 0 aliphatic carbocycles. The maximum absolute atomic E-state index is 13.3. The van der Waals surface area contributed by atoms with Crippen molar-refractivity contribution in [3.63, 3.8) is 0 Å². The lowest BCUT2D eigenvalue weighted by Gasteiger charge is -2.22. The second-order valence-corrected chi connectivity index (χ2v) is 6.88. The normalized spacial score (nSPS) is 11.4. The Morgan fingerprint density at radius 3 is 2.38 bits per heavy atom. The summed E-state index contributed by atoms with van der Waals surface area (Å²) in [5, 5.41) is 0. The van der Waals surface area contributed by atoms with E-state index in [1.165, 1.54) is 13.1 Å². The maximum atomic E-state index is 13.3. The lowest BCUT2D eigenvalue weighted by Crippen LogP contribution is -2.28. The predicted molar refractivity (Wildman–Crippen MR) is 82.3 cm³/mol. The van der Waals surface area contributed by atoms with Crippen LogP contribution in [0.2, 0.25) is 0 Å². The van der Waals surface area contributed by atoms with E-state index in [2.05, 4.69) is 0 Å². The summed E-state index contributed by atoms with van der Waals surface area (Å²) in [6, 6.07) is 8.74. The van der Waals surface area contributed by atoms with E-state index in [9.17, 15) is 12.8 Å². The van der Waals surface area contributed by atoms with Gasteiger partial charge >= 0.3 is 0 Å². The Labute approximate surface area is 124 Å². The van der Waals surface area contributed by atoms with Crippen LogP contribution >= 0.6 is 0 Å². The zero-order chi connectivity index (χ0) is 15.8. The number of rotatable bonds is 3. The first kappa shape index (κ1) is 15.3. The number of nitrogens with two attached hydrogens (primary N) is 1. The van der Waals surface area contributed by atoms with Crippen LogP contribution in [0.1, 0.15) is 11.1 Å². The van der Waals surface area contributed by atoms with Crippen LogP contribution in [0.5, 0.6) is 0 Å². The van der Waals surface area contributed by atoms with Gasteiger partial charge < -0.3 is 5.73 Å². The zero-order valence-electron chi connectivity index (χ0n) is 12.1. The van der Waals surface area contributed by atoms with Crippen LogP contribution in [0.4, 0.5) is 15.8 Å². The van der Waals surface area contributed by atoms with Gasteiger partial charge in [-0.2, -0.15) is 0 Å². The molecule has 0 unspecified atom stereocenters. The van der Waals surface area contributed by atoms with Crippen molar-refractivity contribution in [3.05, 3.63) is 53.3 Å². The Balaban J connectivity index is 2.55. The first-order valence-corrected chi connectivity index (χ1v) is 7.78. The zero-order valence-corrected chi connectivity index (χ0v) is 12.9. The summed E-state index contributed by atoms with van der Waals surface area (Å²) in [7, 11) is -2.48. The standard InChI is InChI=1S/C15H17FN2O2S/c1-10-4-7-14(11(2)8-10)18(3)21(19,20)15-9-12(16)5-6-13(15)17/h4-9H,17H2,1-3H3. The maximum Gasteiger partial charge on any atom is 0.266 e. The minimum atomic E-state index is -3.91. The predicted octanol–water partition coefficient (Wildman–Crippen LogP) is 2.85. The highest BCUT2D eigenvalue weighted by Crippen LogP contribution is 2.28. The molecular weight excluding hydrogens is 291 g/mol. The third kappa shape index (κ3) is 2.85. The summed E-state index contributed by atoms with van der Waals surface area (Å²) in [5.41, 5.74) is 8.08. The van der Waals surface area contributed by atoms with Crippen molar-refractivity contribution in [2.45, 2.75) is 18.7 Å². The molecule has 0 radical (unpaired) electrons. The Bertz CT molecular complexity index is 788. The third-order valence-electron chi connectivity index (χ3n) is 3.31. The van der Waals surface area contributed by atoms with Crippen LogP contribution in [-0.2, 0) is 10.0 Å². The number of aryl methyl sites for hydroxylation is 2. The highest BCUT2D eigenvalue weighted by molar-refractivity contribution is 7.93. The topological polar surface area (TPSA) is 63.4 Å². The Morgan fingerprint density at radius 1 is 1.10 bits per heavy atom. The monoisotopic (exact) mass is 308 g/mol. The van der Waals surface area contributed by atoms with Crippen LogP contribution in [0.3, 0.4) is 0 Å². The second kappa shape index (κ2) is 5.37. The summed E-state index contributed by atoms with van der Waals surface area (Å²) < 4.78 is 39.7. The minimum Gasteiger partial charge on any atom is -0.398 e. The Kier molecular flexibility index (Phi) is 3.91. The van der Waals surface area contributed by atoms with Crippen molar-refractivity contribution in [2.75, 3.05) is 17.1 Å². The number of hydrogen-bond acceptors (Lipinski definition) is 3. The summed E-state index contributed by atoms with van der Waals surface area (Å²) in [6.45, 7) is 3.75. The number of halogens is 1. The molecule has 0 fully saturated rings. The van der Waals surface area contributed by atoms with Gasteiger partial charge in [-0.3, -0.25) is 4.31 Å². The lowest BCUT2D eigenvalue weighted by molar-refractivity contribution is 0.590. The Morgan fingerprint density at radius 2 is 1.76 bits per heavy atom. The molecule has 0 atom stereocenters. The average Bonchev–Trinajstić information content (AvgIpc) is 2.40. The van der Waals surface area contributed by atoms with Gasteiger partial charge in [-0.25, -0.2) is 12.8 Å². The van der Waals surface area contributed by atoms with E-state index < -0.39 is 15.8 Å². The van der Waals surface area contributed by atoms with Gasteiger partial charge in [0.1, 0.15) is 10.7 Å². The number of hydrogen-bond donors (Lipinski definition) is 1. The van der Waals surface area contributed by atoms with Crippen LogP contribution < -0.4 is 10.0 Å². The molecule has 0 saturated carbocycles. The molecule has 0 aliphatic rings. The molecule has 0 heterocycles. The van der Waals surface area contributed by atoms with Gasteiger partial charge in [0.05, 0.1) is 11.4 Å². The Hall–Kier alpha value is -2.08. The van der Waals surface area contributed by atoms with Crippen LogP contribution in [0.15, 0.2) is 41.3 Å². The SMILES string of the molecule is Cc1ccc(N(C)S(=O)(=O)c2cc(F)ccc2N)c(C)c1. The summed E-state index contributed by atoms with van der Waals surface area (Å²) >= 11 is 0. The largest absolute Gasteiger partial charge is 0.398 e. The van der Waals surface area contributed by atoms with Gasteiger partial charge in [-0.1, -0.05) is 17.7 Å². The van der Waals surface area contributed by atoms with Crippen molar-refractivity contribution >= 4 is 21.4 Å². The summed E-state index contributed by atoms with van der Waals surface area (Å²) in [4.78, 5) is -0.232. The molecule has 4 nitrogen and oxygen atoms in total. The van der Waals surface area contributed by atoms with Crippen molar-refractivity contribution in [1.29, 1.82) is 0 Å². The average molecular weight is 308 g/mol. The first-order valence-electron chi connectivity index (χ1n) is 6.34. The van der Waals surface area contributed by atoms with E-state index in [0.29, 0.717) is 5.69 Å². The van der Waals surface area contributed by atoms with Crippen molar-refractivity contribution in [2.24, 2.45) is 0 Å². The number of benzene rings is 2. The molecule has 0 spiro atoms. The van der Waals surface area contributed by atoms with Gasteiger partial charge in [0.15, 0.2) is 0 Å². The molecule has 2 aromatic carbocycles. The van der Waals surface area contributed by atoms with Gasteiger partial charge in [0, 0.05) is 7.05 Å². The molecule has 0 aliphatic heterocycles. The van der Waals surface area contributed by atoms with E-state index in [-0.39, 0.29) is 10.6 Å². The number of sulfonamides is 1. The molecule has 2 aromatic rings. The van der Waals surface area contributed by atoms with Crippen LogP contribution in [0, 0.1) is 19.7 Å². The quantitative estimate of drug-likeness (QED) is 0.887. The van der Waals surface area contributed by atoms with Gasteiger partial charge in [-0.05, 0) is 43.7 Å². The fourth-order valence-electron chi connectivity index (χ4n) is 2.17. The van der Waals surface area contributed by atoms with Gasteiger partial charge in [0.25, 0.3) is 10.0 Å². The molecule has 0 amide bonds. The fraction of sp³-hybridized carbons (Fsp3) is 0.200. The van der Waals surface area contributed by atoms with E-state index in [0.717, 1.165) is 27.6 Å². The highest BCUT2D eigenvalue weighted by Gasteiger charge is 2.25. The van der Waals surface area contributed by atoms with Crippen molar-refractivity contribution in [1.82, 2.24) is 0 Å². The molecule has 6 heteroatoms. The minimum absolute atomic E-state index is 0.0213. The van der Waals surface area contributed by atoms with Crippen LogP contribution in [-0.4, -0.2) is 15.5 Å². The van der Waals surface area contributed by atoms with E-state index in [1.807, 2.05) is 26.0 Å². The highest BCUT2D eigenvalue weighted by atomic mass is 32.2. The smallest absolute Gasteiger partial charge is 0.266 e. The third-order valence-corrected chi connectivity index (χ3v) is 5.13. The van der Waals surface area contributed by atoms with Gasteiger partial charge in [-0.15, -0.1) is 0 Å². The molecule has 21 heavy (non-hydrogen) atoms. The molecule has 112 valence electrons. The van der Waals surface area contributed by atoms with Crippen LogP contribution in [0.25, 0.3) is 0 Å². The summed E-state index contributed by atoms with van der Waals surface area (Å²) in [5.74, 6) is -0.642. The van der Waals surface area contributed by atoms with Crippen molar-refractivity contribution < 1.29 is 12.8 Å². The fourth-order valence-corrected chi connectivity index (χ4v) is 3.55. The van der Waals surface area contributed by atoms with Gasteiger partial charge in [0.2, 0.25) is 0 Å².